The second-order valence-corrected chi connectivity index (χ2v) is 5.04. The molecular weight excluding hydrogens is 288 g/mol. The van der Waals surface area contributed by atoms with Crippen LogP contribution in [0.15, 0.2) is 24.3 Å². The van der Waals surface area contributed by atoms with Crippen LogP contribution >= 0.6 is 0 Å². The first-order chi connectivity index (χ1) is 10.3. The van der Waals surface area contributed by atoms with Gasteiger partial charge in [-0.1, -0.05) is 19.9 Å². The number of carboxylic acids is 1. The molecule has 7 nitrogen and oxygen atoms in total. The predicted octanol–water partition coefficient (Wildman–Crippen LogP) is 0.650. The van der Waals surface area contributed by atoms with Gasteiger partial charge in [0.25, 0.3) is 5.91 Å². The average molecular weight is 308 g/mol. The van der Waals surface area contributed by atoms with Gasteiger partial charge in [-0.3, -0.25) is 9.59 Å². The highest BCUT2D eigenvalue weighted by molar-refractivity contribution is 5.97. The zero-order valence-electron chi connectivity index (χ0n) is 12.8. The molecule has 0 saturated carbocycles. The molecule has 2 amide bonds. The number of methoxy groups -OCH3 is 1. The van der Waals surface area contributed by atoms with Crippen LogP contribution in [0.2, 0.25) is 0 Å². The third-order valence-corrected chi connectivity index (χ3v) is 2.99. The van der Waals surface area contributed by atoms with E-state index in [2.05, 4.69) is 10.6 Å². The normalized spacial score (nSPS) is 11.6. The highest BCUT2D eigenvalue weighted by Gasteiger charge is 2.23. The van der Waals surface area contributed by atoms with Crippen molar-refractivity contribution in [2.24, 2.45) is 5.92 Å². The first-order valence-corrected chi connectivity index (χ1v) is 6.79. The monoisotopic (exact) mass is 308 g/mol. The number of nitrogens with one attached hydrogen (secondary N) is 2. The molecule has 0 radical (unpaired) electrons. The smallest absolute Gasteiger partial charge is 0.326 e. The fraction of sp³-hybridized carbons (Fsp3) is 0.400. The van der Waals surface area contributed by atoms with Crippen LogP contribution in [-0.4, -0.2) is 42.6 Å². The second-order valence-electron chi connectivity index (χ2n) is 5.04. The number of amides is 2. The van der Waals surface area contributed by atoms with Gasteiger partial charge in [0.1, 0.15) is 11.8 Å². The quantitative estimate of drug-likeness (QED) is 0.686. The zero-order chi connectivity index (χ0) is 16.7. The van der Waals surface area contributed by atoms with Gasteiger partial charge in [0.15, 0.2) is 0 Å². The number of carbonyl (C=O) groups is 3. The molecule has 1 atom stereocenters. The van der Waals surface area contributed by atoms with E-state index in [4.69, 9.17) is 9.84 Å². The summed E-state index contributed by atoms with van der Waals surface area (Å²) in [5, 5.41) is 13.8. The lowest BCUT2D eigenvalue weighted by atomic mass is 10.1. The maximum atomic E-state index is 11.9. The highest BCUT2D eigenvalue weighted by Crippen LogP contribution is 2.12. The molecule has 0 heterocycles. The van der Waals surface area contributed by atoms with E-state index < -0.39 is 23.8 Å². The maximum Gasteiger partial charge on any atom is 0.326 e. The number of hydrogen-bond acceptors (Lipinski definition) is 4. The molecule has 1 unspecified atom stereocenters. The van der Waals surface area contributed by atoms with E-state index in [1.54, 1.807) is 38.1 Å². The SMILES string of the molecule is COc1cccc(C(=O)NCC(=O)NC(C(=O)O)C(C)C)c1. The Morgan fingerprint density at radius 1 is 1.27 bits per heavy atom. The fourth-order valence-electron chi connectivity index (χ4n) is 1.76. The van der Waals surface area contributed by atoms with Gasteiger partial charge in [-0.15, -0.1) is 0 Å². The van der Waals surface area contributed by atoms with Gasteiger partial charge in [-0.05, 0) is 24.1 Å². The summed E-state index contributed by atoms with van der Waals surface area (Å²) in [6.45, 7) is 3.08. The molecule has 0 aromatic heterocycles. The van der Waals surface area contributed by atoms with Crippen molar-refractivity contribution in [3.63, 3.8) is 0 Å². The largest absolute Gasteiger partial charge is 0.497 e. The van der Waals surface area contributed by atoms with Gasteiger partial charge in [-0.25, -0.2) is 4.79 Å². The Kier molecular flexibility index (Phi) is 6.37. The first kappa shape index (κ1) is 17.5. The fourth-order valence-corrected chi connectivity index (χ4v) is 1.76. The van der Waals surface area contributed by atoms with Crippen LogP contribution in [0.4, 0.5) is 0 Å². The van der Waals surface area contributed by atoms with Crippen molar-refractivity contribution in [2.75, 3.05) is 13.7 Å². The van der Waals surface area contributed by atoms with Gasteiger partial charge in [0, 0.05) is 5.56 Å². The Morgan fingerprint density at radius 3 is 2.50 bits per heavy atom. The number of benzene rings is 1. The van der Waals surface area contributed by atoms with Gasteiger partial charge >= 0.3 is 5.97 Å². The van der Waals surface area contributed by atoms with Crippen LogP contribution in [0.25, 0.3) is 0 Å². The van der Waals surface area contributed by atoms with E-state index in [1.165, 1.54) is 7.11 Å². The summed E-state index contributed by atoms with van der Waals surface area (Å²) in [5.74, 6) is -1.83. The predicted molar refractivity (Wildman–Crippen MR) is 79.7 cm³/mol. The minimum atomic E-state index is -1.11. The summed E-state index contributed by atoms with van der Waals surface area (Å²) >= 11 is 0. The lowest BCUT2D eigenvalue weighted by molar-refractivity contribution is -0.142. The van der Waals surface area contributed by atoms with Crippen LogP contribution < -0.4 is 15.4 Å². The Labute approximate surface area is 128 Å². The summed E-state index contributed by atoms with van der Waals surface area (Å²) in [7, 11) is 1.49. The summed E-state index contributed by atoms with van der Waals surface area (Å²) in [4.78, 5) is 34.6. The maximum absolute atomic E-state index is 11.9. The molecule has 7 heteroatoms. The molecule has 1 aromatic rings. The minimum absolute atomic E-state index is 0.254. The zero-order valence-corrected chi connectivity index (χ0v) is 12.8. The van der Waals surface area contributed by atoms with Crippen molar-refractivity contribution in [1.29, 1.82) is 0 Å². The summed E-state index contributed by atoms with van der Waals surface area (Å²) < 4.78 is 5.01. The molecule has 3 N–H and O–H groups in total. The molecule has 1 rings (SSSR count). The third kappa shape index (κ3) is 5.08. The lowest BCUT2D eigenvalue weighted by Gasteiger charge is -2.18. The molecule has 0 bridgehead atoms. The number of carbonyl (C=O) groups excluding carboxylic acids is 2. The van der Waals surface area contributed by atoms with Crippen LogP contribution in [0.3, 0.4) is 0 Å². The Bertz CT molecular complexity index is 557. The summed E-state index contributed by atoms with van der Waals surface area (Å²) in [5.41, 5.74) is 0.353. The summed E-state index contributed by atoms with van der Waals surface area (Å²) in [6, 6.07) is 5.50. The van der Waals surface area contributed by atoms with Crippen molar-refractivity contribution < 1.29 is 24.2 Å². The number of hydrogen-bond donors (Lipinski definition) is 3. The minimum Gasteiger partial charge on any atom is -0.497 e. The second kappa shape index (κ2) is 8.02. The van der Waals surface area contributed by atoms with Crippen LogP contribution in [0, 0.1) is 5.92 Å². The van der Waals surface area contributed by atoms with Gasteiger partial charge in [-0.2, -0.15) is 0 Å². The summed E-state index contributed by atoms with van der Waals surface area (Å²) in [6.07, 6.45) is 0. The Hall–Kier alpha value is -2.57. The van der Waals surface area contributed by atoms with Crippen LogP contribution in [-0.2, 0) is 9.59 Å². The molecule has 0 aliphatic heterocycles. The van der Waals surface area contributed by atoms with E-state index >= 15 is 0 Å². The van der Waals surface area contributed by atoms with E-state index in [-0.39, 0.29) is 12.5 Å². The van der Waals surface area contributed by atoms with Crippen molar-refractivity contribution in [1.82, 2.24) is 10.6 Å². The van der Waals surface area contributed by atoms with E-state index in [9.17, 15) is 14.4 Å². The molecule has 120 valence electrons. The molecule has 0 fully saturated rings. The van der Waals surface area contributed by atoms with Gasteiger partial charge in [0.05, 0.1) is 13.7 Å². The lowest BCUT2D eigenvalue weighted by Crippen LogP contribution is -2.48. The molecule has 0 aliphatic rings. The van der Waals surface area contributed by atoms with E-state index in [0.717, 1.165) is 0 Å². The van der Waals surface area contributed by atoms with Crippen molar-refractivity contribution in [3.05, 3.63) is 29.8 Å². The Balaban J connectivity index is 2.56. The van der Waals surface area contributed by atoms with Gasteiger partial charge < -0.3 is 20.5 Å². The number of ether oxygens (including phenoxy) is 1. The van der Waals surface area contributed by atoms with Crippen LogP contribution in [0.1, 0.15) is 24.2 Å². The molecule has 22 heavy (non-hydrogen) atoms. The van der Waals surface area contributed by atoms with Gasteiger partial charge in [0.2, 0.25) is 5.91 Å². The third-order valence-electron chi connectivity index (χ3n) is 2.99. The number of aliphatic carboxylic acids is 1. The van der Waals surface area contributed by atoms with Crippen molar-refractivity contribution in [3.8, 4) is 5.75 Å². The topological polar surface area (TPSA) is 105 Å². The van der Waals surface area contributed by atoms with E-state index in [1.807, 2.05) is 0 Å². The van der Waals surface area contributed by atoms with E-state index in [0.29, 0.717) is 11.3 Å². The molecular formula is C15H20N2O5. The van der Waals surface area contributed by atoms with Crippen LogP contribution in [0.5, 0.6) is 5.75 Å². The number of rotatable bonds is 7. The molecule has 1 aromatic carbocycles. The first-order valence-electron chi connectivity index (χ1n) is 6.79. The number of carboxylic acid groups (broad SMARTS) is 1. The Morgan fingerprint density at radius 2 is 1.95 bits per heavy atom. The highest BCUT2D eigenvalue weighted by atomic mass is 16.5. The molecule has 0 spiro atoms. The molecule has 0 saturated heterocycles. The van der Waals surface area contributed by atoms with Crippen molar-refractivity contribution >= 4 is 17.8 Å². The average Bonchev–Trinajstić information content (AvgIpc) is 2.49. The standard InChI is InChI=1S/C15H20N2O5/c1-9(2)13(15(20)21)17-12(18)8-16-14(19)10-5-4-6-11(7-10)22-3/h4-7,9,13H,8H2,1-3H3,(H,16,19)(H,17,18)(H,20,21). The molecule has 0 aliphatic carbocycles. The van der Waals surface area contributed by atoms with Crippen molar-refractivity contribution in [2.45, 2.75) is 19.9 Å².